The Morgan fingerprint density at radius 3 is 2.41 bits per heavy atom. The van der Waals surface area contributed by atoms with Gasteiger partial charge in [-0.3, -0.25) is 4.57 Å². The van der Waals surface area contributed by atoms with E-state index in [0.29, 0.717) is 6.54 Å². The molecule has 0 amide bonds. The highest BCUT2D eigenvalue weighted by atomic mass is 16.2. The first-order valence-corrected chi connectivity index (χ1v) is 7.60. The third kappa shape index (κ3) is 2.17. The van der Waals surface area contributed by atoms with Crippen LogP contribution in [0.25, 0.3) is 0 Å². The van der Waals surface area contributed by atoms with Gasteiger partial charge in [0.05, 0.1) is 12.6 Å². The molecule has 4 nitrogen and oxygen atoms in total. The van der Waals surface area contributed by atoms with Gasteiger partial charge in [-0.25, -0.2) is 9.48 Å². The third-order valence-corrected chi connectivity index (χ3v) is 4.25. The molecule has 1 aliphatic heterocycles. The summed E-state index contributed by atoms with van der Waals surface area (Å²) < 4.78 is 3.44. The maximum Gasteiger partial charge on any atom is 0.346 e. The van der Waals surface area contributed by atoms with Crippen LogP contribution in [-0.2, 0) is 13.0 Å². The van der Waals surface area contributed by atoms with Gasteiger partial charge in [0.1, 0.15) is 5.82 Å². The molecule has 0 saturated heterocycles. The van der Waals surface area contributed by atoms with Crippen LogP contribution in [0.3, 0.4) is 0 Å². The van der Waals surface area contributed by atoms with Gasteiger partial charge in [-0.15, -0.1) is 0 Å². The van der Waals surface area contributed by atoms with Gasteiger partial charge in [-0.05, 0) is 17.5 Å². The largest absolute Gasteiger partial charge is 0.346 e. The van der Waals surface area contributed by atoms with E-state index >= 15 is 0 Å². The standard InChI is InChI=1S/C18H17N3O/c22-18-20(13-14-7-3-1-4-8-14)19-17-12-11-16(21(17)18)15-9-5-2-6-10-15/h1-10,16H,11-13H2/t16-/m0/s1. The number of hydrogen-bond acceptors (Lipinski definition) is 2. The van der Waals surface area contributed by atoms with Gasteiger partial charge in [-0.2, -0.15) is 5.10 Å². The number of aryl methyl sites for hydroxylation is 1. The lowest BCUT2D eigenvalue weighted by atomic mass is 10.1. The molecule has 0 N–H and O–H groups in total. The van der Waals surface area contributed by atoms with Crippen molar-refractivity contribution in [1.82, 2.24) is 14.3 Å². The SMILES string of the molecule is O=c1n(Cc2ccccc2)nc2n1[C@H](c1ccccc1)CC2. The third-order valence-electron chi connectivity index (χ3n) is 4.25. The van der Waals surface area contributed by atoms with Gasteiger partial charge >= 0.3 is 5.69 Å². The van der Waals surface area contributed by atoms with Crippen LogP contribution in [0.4, 0.5) is 0 Å². The van der Waals surface area contributed by atoms with Crippen LogP contribution in [0.5, 0.6) is 0 Å². The molecule has 110 valence electrons. The molecular weight excluding hydrogens is 274 g/mol. The molecule has 0 fully saturated rings. The molecule has 3 aromatic rings. The van der Waals surface area contributed by atoms with E-state index in [0.717, 1.165) is 24.2 Å². The van der Waals surface area contributed by atoms with Crippen LogP contribution in [0.15, 0.2) is 65.5 Å². The van der Waals surface area contributed by atoms with Gasteiger partial charge in [0.2, 0.25) is 0 Å². The average molecular weight is 291 g/mol. The molecule has 4 rings (SSSR count). The van der Waals surface area contributed by atoms with Gasteiger partial charge in [-0.1, -0.05) is 60.7 Å². The lowest BCUT2D eigenvalue weighted by Gasteiger charge is -2.11. The normalized spacial score (nSPS) is 16.6. The van der Waals surface area contributed by atoms with Gasteiger partial charge in [0.25, 0.3) is 0 Å². The molecule has 2 aromatic carbocycles. The van der Waals surface area contributed by atoms with E-state index < -0.39 is 0 Å². The highest BCUT2D eigenvalue weighted by molar-refractivity contribution is 5.23. The van der Waals surface area contributed by atoms with E-state index in [-0.39, 0.29) is 11.7 Å². The minimum absolute atomic E-state index is 0.00907. The molecule has 1 atom stereocenters. The number of hydrogen-bond donors (Lipinski definition) is 0. The van der Waals surface area contributed by atoms with Crippen LogP contribution in [0.2, 0.25) is 0 Å². The van der Waals surface area contributed by atoms with Crippen molar-refractivity contribution in [3.63, 3.8) is 0 Å². The molecule has 1 aliphatic rings. The number of benzene rings is 2. The summed E-state index contributed by atoms with van der Waals surface area (Å²) in [5, 5.41) is 4.53. The summed E-state index contributed by atoms with van der Waals surface area (Å²) in [5.74, 6) is 0.898. The maximum atomic E-state index is 12.7. The number of aromatic nitrogens is 3. The van der Waals surface area contributed by atoms with Crippen molar-refractivity contribution in [1.29, 1.82) is 0 Å². The monoisotopic (exact) mass is 291 g/mol. The van der Waals surface area contributed by atoms with E-state index in [2.05, 4.69) is 17.2 Å². The molecule has 0 radical (unpaired) electrons. The lowest BCUT2D eigenvalue weighted by Crippen LogP contribution is -2.27. The molecule has 0 unspecified atom stereocenters. The number of nitrogens with zero attached hydrogens (tertiary/aromatic N) is 3. The highest BCUT2D eigenvalue weighted by Crippen LogP contribution is 2.28. The fraction of sp³-hybridized carbons (Fsp3) is 0.222. The van der Waals surface area contributed by atoms with E-state index in [4.69, 9.17) is 0 Å². The van der Waals surface area contributed by atoms with E-state index in [1.54, 1.807) is 4.68 Å². The summed E-state index contributed by atoms with van der Waals surface area (Å²) in [6.45, 7) is 0.529. The van der Waals surface area contributed by atoms with Crippen molar-refractivity contribution in [3.8, 4) is 0 Å². The van der Waals surface area contributed by atoms with E-state index in [9.17, 15) is 4.79 Å². The summed E-state index contributed by atoms with van der Waals surface area (Å²) in [6.07, 6.45) is 1.81. The van der Waals surface area contributed by atoms with Crippen LogP contribution >= 0.6 is 0 Å². The molecule has 4 heteroatoms. The number of rotatable bonds is 3. The van der Waals surface area contributed by atoms with Gasteiger partial charge in [0.15, 0.2) is 0 Å². The fourth-order valence-corrected chi connectivity index (χ4v) is 3.19. The molecule has 0 saturated carbocycles. The zero-order chi connectivity index (χ0) is 14.9. The summed E-state index contributed by atoms with van der Waals surface area (Å²) >= 11 is 0. The number of fused-ring (bicyclic) bond motifs is 1. The van der Waals surface area contributed by atoms with E-state index in [1.807, 2.05) is 53.1 Å². The summed E-state index contributed by atoms with van der Waals surface area (Å²) in [4.78, 5) is 12.7. The Morgan fingerprint density at radius 1 is 1.00 bits per heavy atom. The fourth-order valence-electron chi connectivity index (χ4n) is 3.19. The van der Waals surface area contributed by atoms with Crippen molar-refractivity contribution in [2.45, 2.75) is 25.4 Å². The van der Waals surface area contributed by atoms with Crippen molar-refractivity contribution in [3.05, 3.63) is 88.1 Å². The molecule has 1 aromatic heterocycles. The molecule has 0 aliphatic carbocycles. The Balaban J connectivity index is 1.71. The van der Waals surface area contributed by atoms with Crippen LogP contribution in [0, 0.1) is 0 Å². The quantitative estimate of drug-likeness (QED) is 0.744. The zero-order valence-electron chi connectivity index (χ0n) is 12.2. The highest BCUT2D eigenvalue weighted by Gasteiger charge is 2.28. The molecular formula is C18H17N3O. The minimum atomic E-state index is -0.00907. The van der Waals surface area contributed by atoms with Gasteiger partial charge in [0, 0.05) is 6.42 Å². The Morgan fingerprint density at radius 2 is 1.68 bits per heavy atom. The Hall–Kier alpha value is -2.62. The van der Waals surface area contributed by atoms with Crippen molar-refractivity contribution in [2.24, 2.45) is 0 Å². The summed E-state index contributed by atoms with van der Waals surface area (Å²) in [5.41, 5.74) is 2.27. The second kappa shape index (κ2) is 5.30. The average Bonchev–Trinajstić information content (AvgIpc) is 3.11. The lowest BCUT2D eigenvalue weighted by molar-refractivity contribution is 0.560. The summed E-state index contributed by atoms with van der Waals surface area (Å²) in [6, 6.07) is 20.3. The van der Waals surface area contributed by atoms with Crippen molar-refractivity contribution in [2.75, 3.05) is 0 Å². The molecule has 22 heavy (non-hydrogen) atoms. The first-order valence-electron chi connectivity index (χ1n) is 7.60. The Kier molecular flexibility index (Phi) is 3.15. The Bertz CT molecular complexity index is 834. The predicted octanol–water partition coefficient (Wildman–Crippen LogP) is 2.63. The van der Waals surface area contributed by atoms with Crippen LogP contribution in [0.1, 0.15) is 29.4 Å². The molecule has 0 bridgehead atoms. The van der Waals surface area contributed by atoms with Crippen LogP contribution in [-0.4, -0.2) is 14.3 Å². The second-order valence-electron chi connectivity index (χ2n) is 5.68. The summed E-state index contributed by atoms with van der Waals surface area (Å²) in [7, 11) is 0. The smallest absolute Gasteiger partial charge is 0.271 e. The zero-order valence-corrected chi connectivity index (χ0v) is 12.2. The first-order chi connectivity index (χ1) is 10.8. The molecule has 2 heterocycles. The molecule has 0 spiro atoms. The van der Waals surface area contributed by atoms with Crippen molar-refractivity contribution >= 4 is 0 Å². The van der Waals surface area contributed by atoms with Crippen molar-refractivity contribution < 1.29 is 0 Å². The van der Waals surface area contributed by atoms with E-state index in [1.165, 1.54) is 5.56 Å². The first kappa shape index (κ1) is 13.1. The maximum absolute atomic E-state index is 12.7. The van der Waals surface area contributed by atoms with Crippen LogP contribution < -0.4 is 5.69 Å². The minimum Gasteiger partial charge on any atom is -0.271 e. The Labute approximate surface area is 128 Å². The predicted molar refractivity (Wildman–Crippen MR) is 84.9 cm³/mol. The topological polar surface area (TPSA) is 39.8 Å². The second-order valence-corrected chi connectivity index (χ2v) is 5.68. The van der Waals surface area contributed by atoms with Gasteiger partial charge < -0.3 is 0 Å².